The first-order valence-corrected chi connectivity index (χ1v) is 5.44. The van der Waals surface area contributed by atoms with Crippen molar-refractivity contribution in [2.45, 2.75) is 0 Å². The highest BCUT2D eigenvalue weighted by molar-refractivity contribution is 14.1. The third-order valence-electron chi connectivity index (χ3n) is 1.68. The minimum Gasteiger partial charge on any atom is -0.488 e. The number of likely N-dealkylation sites (N-methyl/N-ethyl adjacent to an activating group) is 1. The predicted octanol–water partition coefficient (Wildman–Crippen LogP) is 0.815. The second-order valence-corrected chi connectivity index (χ2v) is 4.51. The molecule has 0 aliphatic carbocycles. The van der Waals surface area contributed by atoms with Crippen LogP contribution < -0.4 is 9.64 Å². The molecule has 1 aromatic rings. The zero-order valence-electron chi connectivity index (χ0n) is 8.01. The largest absolute Gasteiger partial charge is 0.488 e. The molecule has 0 fully saturated rings. The SMILES string of the molecule is C[NH+](C)CCOc1ccc(I)cc1. The lowest BCUT2D eigenvalue weighted by Crippen LogP contribution is -3.06. The van der Waals surface area contributed by atoms with Gasteiger partial charge in [0, 0.05) is 3.57 Å². The smallest absolute Gasteiger partial charge is 0.137 e. The Bertz CT molecular complexity index is 246. The highest BCUT2D eigenvalue weighted by Crippen LogP contribution is 2.12. The Morgan fingerprint density at radius 2 is 1.85 bits per heavy atom. The third kappa shape index (κ3) is 4.47. The fourth-order valence-electron chi connectivity index (χ4n) is 0.904. The number of halogens is 1. The van der Waals surface area contributed by atoms with Crippen molar-refractivity contribution in [2.75, 3.05) is 27.2 Å². The minimum absolute atomic E-state index is 0.781. The molecule has 0 saturated heterocycles. The van der Waals surface area contributed by atoms with Gasteiger partial charge in [-0.1, -0.05) is 0 Å². The molecule has 0 unspecified atom stereocenters. The summed E-state index contributed by atoms with van der Waals surface area (Å²) in [6.45, 7) is 1.81. The van der Waals surface area contributed by atoms with Gasteiger partial charge in [-0.25, -0.2) is 0 Å². The van der Waals surface area contributed by atoms with E-state index in [-0.39, 0.29) is 0 Å². The van der Waals surface area contributed by atoms with Crippen LogP contribution >= 0.6 is 22.6 Å². The van der Waals surface area contributed by atoms with E-state index in [0.29, 0.717) is 0 Å². The number of rotatable bonds is 4. The van der Waals surface area contributed by atoms with Gasteiger partial charge < -0.3 is 9.64 Å². The average Bonchev–Trinajstić information content (AvgIpc) is 2.08. The topological polar surface area (TPSA) is 13.7 Å². The van der Waals surface area contributed by atoms with Crippen LogP contribution in [0.15, 0.2) is 24.3 Å². The Kier molecular flexibility index (Phi) is 4.52. The maximum absolute atomic E-state index is 5.55. The van der Waals surface area contributed by atoms with Crippen molar-refractivity contribution in [2.24, 2.45) is 0 Å². The molecule has 13 heavy (non-hydrogen) atoms. The fraction of sp³-hybridized carbons (Fsp3) is 0.400. The monoisotopic (exact) mass is 292 g/mol. The van der Waals surface area contributed by atoms with Crippen molar-refractivity contribution in [3.05, 3.63) is 27.8 Å². The third-order valence-corrected chi connectivity index (χ3v) is 2.40. The predicted molar refractivity (Wildman–Crippen MR) is 62.3 cm³/mol. The summed E-state index contributed by atoms with van der Waals surface area (Å²) < 4.78 is 6.79. The van der Waals surface area contributed by atoms with E-state index >= 15 is 0 Å². The zero-order valence-corrected chi connectivity index (χ0v) is 10.2. The van der Waals surface area contributed by atoms with Crippen molar-refractivity contribution < 1.29 is 9.64 Å². The molecular weight excluding hydrogens is 277 g/mol. The van der Waals surface area contributed by atoms with Crippen LogP contribution in [0, 0.1) is 3.57 Å². The first-order valence-electron chi connectivity index (χ1n) is 4.36. The molecular formula is C10H15INO+. The molecule has 0 aliphatic rings. The average molecular weight is 292 g/mol. The number of nitrogens with one attached hydrogen (secondary N) is 1. The lowest BCUT2D eigenvalue weighted by Gasteiger charge is -2.08. The van der Waals surface area contributed by atoms with Gasteiger partial charge in [-0.05, 0) is 46.9 Å². The molecule has 2 nitrogen and oxygen atoms in total. The van der Waals surface area contributed by atoms with Crippen molar-refractivity contribution in [1.82, 2.24) is 0 Å². The van der Waals surface area contributed by atoms with Crippen LogP contribution in [-0.2, 0) is 0 Å². The molecule has 0 aromatic heterocycles. The van der Waals surface area contributed by atoms with E-state index in [2.05, 4.69) is 48.8 Å². The van der Waals surface area contributed by atoms with E-state index in [4.69, 9.17) is 4.74 Å². The molecule has 0 heterocycles. The van der Waals surface area contributed by atoms with E-state index in [1.807, 2.05) is 12.1 Å². The Morgan fingerprint density at radius 3 is 2.38 bits per heavy atom. The lowest BCUT2D eigenvalue weighted by atomic mass is 10.3. The highest BCUT2D eigenvalue weighted by Gasteiger charge is 1.95. The van der Waals surface area contributed by atoms with Gasteiger partial charge in [0.15, 0.2) is 0 Å². The van der Waals surface area contributed by atoms with Gasteiger partial charge in [0.05, 0.1) is 14.1 Å². The van der Waals surface area contributed by atoms with Crippen LogP contribution in [0.25, 0.3) is 0 Å². The van der Waals surface area contributed by atoms with Crippen LogP contribution in [0.4, 0.5) is 0 Å². The van der Waals surface area contributed by atoms with E-state index in [1.54, 1.807) is 0 Å². The van der Waals surface area contributed by atoms with Gasteiger partial charge in [0.25, 0.3) is 0 Å². The quantitative estimate of drug-likeness (QED) is 0.811. The van der Waals surface area contributed by atoms with Crippen LogP contribution in [0.5, 0.6) is 5.75 Å². The molecule has 0 amide bonds. The summed E-state index contributed by atoms with van der Waals surface area (Å²) in [7, 11) is 4.24. The molecule has 0 aliphatic heterocycles. The van der Waals surface area contributed by atoms with E-state index < -0.39 is 0 Å². The molecule has 0 atom stereocenters. The Balaban J connectivity index is 2.33. The van der Waals surface area contributed by atoms with E-state index in [0.717, 1.165) is 18.9 Å². The van der Waals surface area contributed by atoms with Crippen molar-refractivity contribution in [3.63, 3.8) is 0 Å². The molecule has 0 spiro atoms. The molecule has 1 rings (SSSR count). The standard InChI is InChI=1S/C10H14INO/c1-12(2)7-8-13-10-5-3-9(11)4-6-10/h3-6H,7-8H2,1-2H3/p+1. The normalized spacial score (nSPS) is 10.5. The maximum Gasteiger partial charge on any atom is 0.137 e. The van der Waals surface area contributed by atoms with Gasteiger partial charge in [-0.15, -0.1) is 0 Å². The second-order valence-electron chi connectivity index (χ2n) is 3.26. The molecule has 72 valence electrons. The summed E-state index contributed by atoms with van der Waals surface area (Å²) in [6, 6.07) is 8.12. The van der Waals surface area contributed by atoms with E-state index in [1.165, 1.54) is 8.47 Å². The van der Waals surface area contributed by atoms with Crippen molar-refractivity contribution in [3.8, 4) is 5.75 Å². The number of quaternary nitrogens is 1. The molecule has 1 aromatic carbocycles. The van der Waals surface area contributed by atoms with Gasteiger partial charge in [-0.2, -0.15) is 0 Å². The number of benzene rings is 1. The van der Waals surface area contributed by atoms with Gasteiger partial charge >= 0.3 is 0 Å². The van der Waals surface area contributed by atoms with Gasteiger partial charge in [-0.3, -0.25) is 0 Å². The van der Waals surface area contributed by atoms with Gasteiger partial charge in [0.1, 0.15) is 18.9 Å². The number of hydrogen-bond donors (Lipinski definition) is 1. The van der Waals surface area contributed by atoms with Crippen LogP contribution in [0.2, 0.25) is 0 Å². The summed E-state index contributed by atoms with van der Waals surface area (Å²) in [5.74, 6) is 0.960. The first kappa shape index (κ1) is 10.8. The zero-order chi connectivity index (χ0) is 9.68. The minimum atomic E-state index is 0.781. The van der Waals surface area contributed by atoms with Gasteiger partial charge in [0.2, 0.25) is 0 Å². The fourth-order valence-corrected chi connectivity index (χ4v) is 1.26. The van der Waals surface area contributed by atoms with E-state index in [9.17, 15) is 0 Å². The molecule has 0 bridgehead atoms. The van der Waals surface area contributed by atoms with Crippen molar-refractivity contribution in [1.29, 1.82) is 0 Å². The van der Waals surface area contributed by atoms with Crippen LogP contribution in [0.3, 0.4) is 0 Å². The molecule has 3 heteroatoms. The lowest BCUT2D eigenvalue weighted by molar-refractivity contribution is -0.858. The summed E-state index contributed by atoms with van der Waals surface area (Å²) in [5.41, 5.74) is 0. The second kappa shape index (κ2) is 5.44. The summed E-state index contributed by atoms with van der Waals surface area (Å²) >= 11 is 2.29. The summed E-state index contributed by atoms with van der Waals surface area (Å²) in [6.07, 6.45) is 0. The van der Waals surface area contributed by atoms with Crippen LogP contribution in [-0.4, -0.2) is 27.2 Å². The Morgan fingerprint density at radius 1 is 1.23 bits per heavy atom. The summed E-state index contributed by atoms with van der Waals surface area (Å²) in [5, 5.41) is 0. The molecule has 0 radical (unpaired) electrons. The summed E-state index contributed by atoms with van der Waals surface area (Å²) in [4.78, 5) is 1.41. The first-order chi connectivity index (χ1) is 6.18. The van der Waals surface area contributed by atoms with Crippen molar-refractivity contribution >= 4 is 22.6 Å². The number of ether oxygens (including phenoxy) is 1. The molecule has 0 saturated carbocycles. The maximum atomic E-state index is 5.55. The Labute approximate surface area is 93.0 Å². The highest BCUT2D eigenvalue weighted by atomic mass is 127. The number of hydrogen-bond acceptors (Lipinski definition) is 1. The Hall–Kier alpha value is -0.290. The van der Waals surface area contributed by atoms with Crippen LogP contribution in [0.1, 0.15) is 0 Å². The molecule has 1 N–H and O–H groups in total.